The van der Waals surface area contributed by atoms with Crippen LogP contribution in [0, 0.1) is 6.92 Å². The Labute approximate surface area is 370 Å². The van der Waals surface area contributed by atoms with Crippen molar-refractivity contribution in [2.45, 2.75) is 70.9 Å². The number of ketones is 1. The molecule has 6 heterocycles. The molecule has 4 aromatic rings. The van der Waals surface area contributed by atoms with Crippen LogP contribution in [0.4, 0.5) is 11.4 Å². The third-order valence-corrected chi connectivity index (χ3v) is 12.5. The van der Waals surface area contributed by atoms with Crippen LogP contribution < -0.4 is 21.1 Å². The Morgan fingerprint density at radius 2 is 1.58 bits per heavy atom. The number of anilines is 2. The Balaban J connectivity index is 0.693. The Kier molecular flexibility index (Phi) is 14.1. The van der Waals surface area contributed by atoms with Crippen LogP contribution in [0.15, 0.2) is 47.5 Å². The average Bonchev–Trinajstić information content (AvgIpc) is 3.90. The number of carbonyl (C=O) groups is 5. The molecule has 18 nitrogen and oxygen atoms in total. The van der Waals surface area contributed by atoms with Crippen molar-refractivity contribution in [3.8, 4) is 0 Å². The minimum atomic E-state index is -1.01. The van der Waals surface area contributed by atoms with E-state index in [1.165, 1.54) is 6.92 Å². The number of nitrogens with zero attached hydrogens (tertiary/aromatic N) is 7. The zero-order valence-electron chi connectivity index (χ0n) is 36.4. The van der Waals surface area contributed by atoms with Gasteiger partial charge >= 0.3 is 0 Å². The summed E-state index contributed by atoms with van der Waals surface area (Å²) in [6.45, 7) is 10.7. The van der Waals surface area contributed by atoms with E-state index in [-0.39, 0.29) is 46.9 Å². The van der Waals surface area contributed by atoms with E-state index in [2.05, 4.69) is 31.5 Å². The molecule has 338 valence electrons. The van der Waals surface area contributed by atoms with Crippen molar-refractivity contribution in [2.24, 2.45) is 0 Å². The molecule has 1 unspecified atom stereocenters. The predicted octanol–water partition coefficient (Wildman–Crippen LogP) is 3.09. The number of pyridine rings is 2. The molecule has 3 aromatic heterocycles. The van der Waals surface area contributed by atoms with Crippen LogP contribution in [0.1, 0.15) is 99.6 Å². The lowest BCUT2D eigenvalue weighted by Gasteiger charge is -2.35. The van der Waals surface area contributed by atoms with Gasteiger partial charge < -0.3 is 24.4 Å². The number of fused-ring (bicyclic) bond motifs is 2. The van der Waals surface area contributed by atoms with Crippen molar-refractivity contribution in [3.63, 3.8) is 0 Å². The maximum absolute atomic E-state index is 13.6. The molecule has 1 aromatic carbocycles. The van der Waals surface area contributed by atoms with Crippen molar-refractivity contribution >= 4 is 51.8 Å². The third kappa shape index (κ3) is 9.74. The number of piperidine rings is 1. The summed E-state index contributed by atoms with van der Waals surface area (Å²) in [6, 6.07) is 8.06. The lowest BCUT2D eigenvalue weighted by molar-refractivity contribution is -0.136. The van der Waals surface area contributed by atoms with E-state index in [4.69, 9.17) is 24.2 Å². The Bertz CT molecular complexity index is 2460. The first-order valence-corrected chi connectivity index (χ1v) is 22.2. The number of carbonyl (C=O) groups excluding carboxylic acids is 5. The van der Waals surface area contributed by atoms with Gasteiger partial charge in [-0.15, -0.1) is 0 Å². The van der Waals surface area contributed by atoms with Gasteiger partial charge in [-0.25, -0.2) is 9.97 Å². The number of aryl methyl sites for hydroxylation is 1. The molecule has 4 amide bonds. The summed E-state index contributed by atoms with van der Waals surface area (Å²) >= 11 is 0. The second-order valence-corrected chi connectivity index (χ2v) is 16.6. The highest BCUT2D eigenvalue weighted by Crippen LogP contribution is 2.33. The molecule has 3 aliphatic heterocycles. The van der Waals surface area contributed by atoms with Crippen LogP contribution >= 0.6 is 0 Å². The maximum Gasteiger partial charge on any atom is 0.264 e. The number of imide groups is 2. The van der Waals surface area contributed by atoms with E-state index in [0.717, 1.165) is 80.1 Å². The van der Waals surface area contributed by atoms with Gasteiger partial charge in [0.1, 0.15) is 17.5 Å². The summed E-state index contributed by atoms with van der Waals surface area (Å²) < 4.78 is 18.9. The average molecular weight is 878 g/mol. The molecule has 18 heteroatoms. The second-order valence-electron chi connectivity index (χ2n) is 16.6. The van der Waals surface area contributed by atoms with E-state index < -0.39 is 29.7 Å². The number of amides is 4. The Morgan fingerprint density at radius 3 is 2.28 bits per heavy atom. The zero-order chi connectivity index (χ0) is 44.7. The van der Waals surface area contributed by atoms with Crippen molar-refractivity contribution in [2.75, 3.05) is 89.1 Å². The minimum absolute atomic E-state index is 0.0324. The molecule has 1 saturated carbocycles. The first-order valence-electron chi connectivity index (χ1n) is 22.2. The lowest BCUT2D eigenvalue weighted by atomic mass is 10.0. The molecule has 4 aliphatic rings. The number of Topliss-reactive ketones (excluding diaryl/α,β-unsaturated/α-hetero) is 1. The lowest BCUT2D eigenvalue weighted by Crippen LogP contribution is -2.54. The molecule has 0 spiro atoms. The number of hydrogen-bond donors (Lipinski definition) is 2. The molecule has 3 fully saturated rings. The molecule has 2 saturated heterocycles. The van der Waals surface area contributed by atoms with Gasteiger partial charge in [0.15, 0.2) is 5.78 Å². The van der Waals surface area contributed by atoms with Crippen LogP contribution in [0.2, 0.25) is 0 Å². The SMILES string of the molecule is CC(=O)c1c(C)c2cnc(Cc3ccc(N4CCN(CCOCCOCCOCCNc5cccc6c5C(=O)N(C5CCC(=O)NC5=O)C6=O)CC4)cn3)nc2n(C2CCCC2)c1=O. The minimum Gasteiger partial charge on any atom is -0.382 e. The summed E-state index contributed by atoms with van der Waals surface area (Å²) in [5.74, 6) is -1.81. The number of ether oxygens (including phenoxy) is 3. The molecule has 1 aliphatic carbocycles. The van der Waals surface area contributed by atoms with Crippen LogP contribution in [0.25, 0.3) is 11.0 Å². The molecule has 8 rings (SSSR count). The molecular formula is C46H55N9O9. The van der Waals surface area contributed by atoms with Crippen LogP contribution in [-0.2, 0) is 30.2 Å². The zero-order valence-corrected chi connectivity index (χ0v) is 36.4. The van der Waals surface area contributed by atoms with E-state index in [0.29, 0.717) is 75.3 Å². The first-order chi connectivity index (χ1) is 31.1. The Morgan fingerprint density at radius 1 is 0.844 bits per heavy atom. The quantitative estimate of drug-likeness (QED) is 0.0789. The van der Waals surface area contributed by atoms with Crippen LogP contribution in [0.5, 0.6) is 0 Å². The Hall–Kier alpha value is -5.95. The van der Waals surface area contributed by atoms with Gasteiger partial charge in [0.05, 0.1) is 74.6 Å². The first kappa shape index (κ1) is 44.6. The van der Waals surface area contributed by atoms with E-state index in [9.17, 15) is 28.8 Å². The fourth-order valence-corrected chi connectivity index (χ4v) is 9.12. The molecule has 64 heavy (non-hydrogen) atoms. The van der Waals surface area contributed by atoms with Crippen molar-refractivity contribution in [1.29, 1.82) is 0 Å². The number of nitrogens with one attached hydrogen (secondary N) is 2. The van der Waals surface area contributed by atoms with Crippen molar-refractivity contribution in [3.05, 3.63) is 86.9 Å². The molecule has 2 N–H and O–H groups in total. The van der Waals surface area contributed by atoms with Gasteiger partial charge in [0, 0.05) is 74.7 Å². The molecule has 0 bridgehead atoms. The number of hydrogen-bond acceptors (Lipinski definition) is 15. The number of rotatable bonds is 19. The fraction of sp³-hybridized carbons (Fsp3) is 0.500. The topological polar surface area (TPSA) is 207 Å². The monoisotopic (exact) mass is 877 g/mol. The van der Waals surface area contributed by atoms with Gasteiger partial charge in [-0.3, -0.25) is 53.4 Å². The van der Waals surface area contributed by atoms with Crippen molar-refractivity contribution < 1.29 is 38.2 Å². The summed E-state index contributed by atoms with van der Waals surface area (Å²) in [4.78, 5) is 96.2. The van der Waals surface area contributed by atoms with Crippen LogP contribution in [-0.4, -0.2) is 144 Å². The van der Waals surface area contributed by atoms with Gasteiger partial charge in [-0.05, 0) is 62.9 Å². The largest absolute Gasteiger partial charge is 0.382 e. The third-order valence-electron chi connectivity index (χ3n) is 12.5. The standard InChI is InChI=1S/C46H55N9O9/c1-29-35-28-49-38(50-42(35)54(32-6-3-4-7-32)45(60)40(29)30(2)56)26-31-10-11-33(27-48-31)53-17-15-52(16-18-53)19-21-63-23-25-64-24-22-62-20-14-47-36-9-5-8-34-41(36)46(61)55(44(34)59)37-12-13-39(57)51-43(37)58/h5,8-11,27-28,32,37,47H,3-4,6-7,12-26H2,1-2H3,(H,51,57,58). The van der Waals surface area contributed by atoms with Gasteiger partial charge in [0.2, 0.25) is 11.8 Å². The summed E-state index contributed by atoms with van der Waals surface area (Å²) in [5, 5.41) is 6.11. The smallest absolute Gasteiger partial charge is 0.264 e. The number of piperazine rings is 1. The van der Waals surface area contributed by atoms with Gasteiger partial charge in [0.25, 0.3) is 17.4 Å². The number of benzene rings is 1. The van der Waals surface area contributed by atoms with E-state index in [1.54, 1.807) is 35.9 Å². The number of aromatic nitrogens is 4. The van der Waals surface area contributed by atoms with Gasteiger partial charge in [-0.1, -0.05) is 18.9 Å². The highest BCUT2D eigenvalue weighted by Gasteiger charge is 2.45. The highest BCUT2D eigenvalue weighted by molar-refractivity contribution is 6.25. The van der Waals surface area contributed by atoms with E-state index >= 15 is 0 Å². The highest BCUT2D eigenvalue weighted by atomic mass is 16.5. The van der Waals surface area contributed by atoms with Gasteiger partial charge in [-0.2, -0.15) is 0 Å². The normalized spacial score (nSPS) is 18.3. The van der Waals surface area contributed by atoms with Crippen molar-refractivity contribution in [1.82, 2.24) is 34.6 Å². The molecular weight excluding hydrogens is 823 g/mol. The maximum atomic E-state index is 13.6. The summed E-state index contributed by atoms with van der Waals surface area (Å²) in [7, 11) is 0. The van der Waals surface area contributed by atoms with E-state index in [1.807, 2.05) is 12.3 Å². The summed E-state index contributed by atoms with van der Waals surface area (Å²) in [5.41, 5.74) is 4.03. The second kappa shape index (κ2) is 20.3. The predicted molar refractivity (Wildman–Crippen MR) is 236 cm³/mol. The molecule has 1 atom stereocenters. The van der Waals surface area contributed by atoms with Crippen LogP contribution in [0.3, 0.4) is 0 Å². The fourth-order valence-electron chi connectivity index (χ4n) is 9.12. The summed E-state index contributed by atoms with van der Waals surface area (Å²) in [6.07, 6.45) is 8.14. The molecule has 0 radical (unpaired) electrons.